The van der Waals surface area contributed by atoms with Crippen LogP contribution >= 0.6 is 0 Å². The van der Waals surface area contributed by atoms with Crippen molar-refractivity contribution in [3.8, 4) is 0 Å². The first-order valence-corrected chi connectivity index (χ1v) is 5.57. The van der Waals surface area contributed by atoms with Crippen LogP contribution < -0.4 is 0 Å². The largest absolute Gasteiger partial charge is 0.501 e. The van der Waals surface area contributed by atoms with Gasteiger partial charge in [-0.1, -0.05) is 6.08 Å². The second-order valence-corrected chi connectivity index (χ2v) is 3.47. The molecule has 0 aromatic heterocycles. The normalized spacial score (nSPS) is 14.6. The number of imide groups is 1. The maximum Gasteiger partial charge on any atom is 0.309 e. The molecule has 1 aliphatic heterocycles. The third-order valence-corrected chi connectivity index (χ3v) is 2.13. The number of carbonyl (C=O) groups excluding carboxylic acids is 3. The molecule has 6 nitrogen and oxygen atoms in total. The van der Waals surface area contributed by atoms with Crippen molar-refractivity contribution in [3.63, 3.8) is 0 Å². The van der Waals surface area contributed by atoms with Crippen molar-refractivity contribution in [3.05, 3.63) is 24.5 Å². The average molecular weight is 253 g/mol. The molecule has 0 unspecified atom stereocenters. The highest BCUT2D eigenvalue weighted by atomic mass is 16.5. The van der Waals surface area contributed by atoms with Crippen LogP contribution in [0.3, 0.4) is 0 Å². The van der Waals surface area contributed by atoms with Crippen molar-refractivity contribution in [2.24, 2.45) is 0 Å². The van der Waals surface area contributed by atoms with E-state index in [2.05, 4.69) is 0 Å². The number of nitrogens with zero attached hydrogens (tertiary/aromatic N) is 1. The molecule has 18 heavy (non-hydrogen) atoms. The van der Waals surface area contributed by atoms with Gasteiger partial charge in [0.15, 0.2) is 0 Å². The van der Waals surface area contributed by atoms with Crippen LogP contribution in [0.25, 0.3) is 0 Å². The zero-order valence-corrected chi connectivity index (χ0v) is 10.1. The molecule has 0 radical (unpaired) electrons. The number of ether oxygens (including phenoxy) is 2. The minimum Gasteiger partial charge on any atom is -0.501 e. The Labute approximate surface area is 105 Å². The molecule has 0 bridgehead atoms. The fraction of sp³-hybridized carbons (Fsp3) is 0.417. The first-order chi connectivity index (χ1) is 8.65. The van der Waals surface area contributed by atoms with Gasteiger partial charge in [0, 0.05) is 12.2 Å². The molecular formula is C12H15NO5. The average Bonchev–Trinajstić information content (AvgIpc) is 2.66. The molecule has 1 rings (SSSR count). The Morgan fingerprint density at radius 2 is 1.94 bits per heavy atom. The minimum atomic E-state index is -0.424. The molecular weight excluding hydrogens is 238 g/mol. The fourth-order valence-corrected chi connectivity index (χ4v) is 1.28. The van der Waals surface area contributed by atoms with Crippen molar-refractivity contribution in [1.29, 1.82) is 0 Å². The Hall–Kier alpha value is -2.11. The van der Waals surface area contributed by atoms with Crippen LogP contribution in [-0.4, -0.2) is 42.4 Å². The molecule has 0 atom stereocenters. The number of allylic oxidation sites excluding steroid dienone is 1. The van der Waals surface area contributed by atoms with Gasteiger partial charge in [-0.2, -0.15) is 0 Å². The zero-order chi connectivity index (χ0) is 13.4. The van der Waals surface area contributed by atoms with Gasteiger partial charge >= 0.3 is 5.97 Å². The summed E-state index contributed by atoms with van der Waals surface area (Å²) in [5.74, 6) is -1.19. The second kappa shape index (κ2) is 7.26. The van der Waals surface area contributed by atoms with E-state index in [1.54, 1.807) is 13.0 Å². The first-order valence-electron chi connectivity index (χ1n) is 5.57. The molecule has 0 saturated carbocycles. The Balaban J connectivity index is 2.12. The topological polar surface area (TPSA) is 72.9 Å². The van der Waals surface area contributed by atoms with E-state index in [-0.39, 0.29) is 38.0 Å². The van der Waals surface area contributed by atoms with Gasteiger partial charge in [0.1, 0.15) is 6.61 Å². The molecule has 98 valence electrons. The summed E-state index contributed by atoms with van der Waals surface area (Å²) in [6.45, 7) is 2.12. The van der Waals surface area contributed by atoms with Crippen LogP contribution in [0.2, 0.25) is 0 Å². The lowest BCUT2D eigenvalue weighted by Crippen LogP contribution is -2.33. The predicted molar refractivity (Wildman–Crippen MR) is 62.2 cm³/mol. The van der Waals surface area contributed by atoms with E-state index in [0.717, 1.165) is 4.90 Å². The minimum absolute atomic E-state index is 0.00160. The summed E-state index contributed by atoms with van der Waals surface area (Å²) >= 11 is 0. The molecule has 0 aromatic carbocycles. The van der Waals surface area contributed by atoms with Crippen LogP contribution in [0.5, 0.6) is 0 Å². The molecule has 0 fully saturated rings. The van der Waals surface area contributed by atoms with E-state index in [4.69, 9.17) is 9.47 Å². The molecule has 0 aliphatic carbocycles. The molecule has 2 amide bonds. The molecule has 0 N–H and O–H groups in total. The predicted octanol–water partition coefficient (Wildman–Crippen LogP) is 0.395. The highest BCUT2D eigenvalue weighted by molar-refractivity contribution is 6.12. The van der Waals surface area contributed by atoms with E-state index >= 15 is 0 Å². The summed E-state index contributed by atoms with van der Waals surface area (Å²) in [4.78, 5) is 34.5. The Morgan fingerprint density at radius 1 is 1.28 bits per heavy atom. The summed E-state index contributed by atoms with van der Waals surface area (Å²) in [6.07, 6.45) is 5.71. The van der Waals surface area contributed by atoms with Gasteiger partial charge in [0.2, 0.25) is 0 Å². The van der Waals surface area contributed by atoms with E-state index in [1.165, 1.54) is 18.4 Å². The van der Waals surface area contributed by atoms with Crippen LogP contribution in [-0.2, 0) is 23.9 Å². The third-order valence-electron chi connectivity index (χ3n) is 2.13. The summed E-state index contributed by atoms with van der Waals surface area (Å²) in [5, 5.41) is 0. The summed E-state index contributed by atoms with van der Waals surface area (Å²) < 4.78 is 9.82. The summed E-state index contributed by atoms with van der Waals surface area (Å²) in [5.41, 5.74) is 0. The second-order valence-electron chi connectivity index (χ2n) is 3.47. The summed E-state index contributed by atoms with van der Waals surface area (Å²) in [6, 6.07) is 0. The van der Waals surface area contributed by atoms with Crippen molar-refractivity contribution in [2.45, 2.75) is 13.3 Å². The number of rotatable bonds is 7. The number of amides is 2. The smallest absolute Gasteiger partial charge is 0.309 e. The quantitative estimate of drug-likeness (QED) is 0.284. The van der Waals surface area contributed by atoms with Gasteiger partial charge in [-0.25, -0.2) is 0 Å². The van der Waals surface area contributed by atoms with Gasteiger partial charge in [0.05, 0.1) is 25.8 Å². The number of hydrogen-bond donors (Lipinski definition) is 0. The maximum absolute atomic E-state index is 11.2. The van der Waals surface area contributed by atoms with Gasteiger partial charge in [0.25, 0.3) is 11.8 Å². The fourth-order valence-electron chi connectivity index (χ4n) is 1.28. The Morgan fingerprint density at radius 3 is 2.56 bits per heavy atom. The van der Waals surface area contributed by atoms with Crippen LogP contribution in [0.4, 0.5) is 0 Å². The maximum atomic E-state index is 11.2. The Kier molecular flexibility index (Phi) is 5.63. The van der Waals surface area contributed by atoms with Gasteiger partial charge in [-0.3, -0.25) is 19.3 Å². The van der Waals surface area contributed by atoms with Crippen molar-refractivity contribution in [1.82, 2.24) is 4.90 Å². The van der Waals surface area contributed by atoms with Gasteiger partial charge < -0.3 is 9.47 Å². The van der Waals surface area contributed by atoms with Crippen molar-refractivity contribution < 1.29 is 23.9 Å². The van der Waals surface area contributed by atoms with Crippen molar-refractivity contribution >= 4 is 17.8 Å². The van der Waals surface area contributed by atoms with Gasteiger partial charge in [-0.05, 0) is 6.92 Å². The lowest BCUT2D eigenvalue weighted by Gasteiger charge is -2.13. The molecule has 0 saturated heterocycles. The first kappa shape index (κ1) is 14.0. The van der Waals surface area contributed by atoms with Crippen molar-refractivity contribution in [2.75, 3.05) is 19.8 Å². The van der Waals surface area contributed by atoms with E-state index in [9.17, 15) is 14.4 Å². The highest BCUT2D eigenvalue weighted by Crippen LogP contribution is 2.02. The van der Waals surface area contributed by atoms with Crippen LogP contribution in [0.15, 0.2) is 24.5 Å². The monoisotopic (exact) mass is 253 g/mol. The molecule has 6 heteroatoms. The van der Waals surface area contributed by atoms with E-state index in [1.807, 2.05) is 0 Å². The Bertz CT molecular complexity index is 368. The number of hydrogen-bond acceptors (Lipinski definition) is 5. The van der Waals surface area contributed by atoms with E-state index in [0.29, 0.717) is 0 Å². The zero-order valence-electron chi connectivity index (χ0n) is 10.1. The standard InChI is InChI=1S/C12H15NO5/c1-2-7-17-8-5-12(16)18-9-6-13-10(14)3-4-11(13)15/h2-4,7H,5-6,8-9H2,1H3. The third kappa shape index (κ3) is 4.40. The molecule has 0 aromatic rings. The summed E-state index contributed by atoms with van der Waals surface area (Å²) in [7, 11) is 0. The van der Waals surface area contributed by atoms with Crippen LogP contribution in [0, 0.1) is 0 Å². The highest BCUT2D eigenvalue weighted by Gasteiger charge is 2.22. The van der Waals surface area contributed by atoms with E-state index < -0.39 is 5.97 Å². The number of carbonyl (C=O) groups is 3. The lowest BCUT2D eigenvalue weighted by molar-refractivity contribution is -0.148. The van der Waals surface area contributed by atoms with Gasteiger partial charge in [-0.15, -0.1) is 0 Å². The molecule has 1 heterocycles. The lowest BCUT2D eigenvalue weighted by atomic mass is 10.4. The number of esters is 1. The molecule has 0 spiro atoms. The molecule has 1 aliphatic rings. The van der Waals surface area contributed by atoms with Crippen LogP contribution in [0.1, 0.15) is 13.3 Å². The SMILES string of the molecule is CC=COCCC(=O)OCCN1C(=O)C=CC1=O.